The standard InChI is InChI=1S/C25H21FN2O3/c1-2-30-25(29)19-8-6-17(7-9-19)16-28-24-23-18(14-15-27-24)4-3-5-22(23)31-21-12-10-20(26)11-13-21/h3-15H,2,16H2,1H3,(H,27,28). The number of nitrogens with zero attached hydrogens (tertiary/aromatic N) is 1. The van der Waals surface area contributed by atoms with E-state index in [0.29, 0.717) is 36.0 Å². The number of rotatable bonds is 7. The molecule has 1 heterocycles. The molecule has 0 radical (unpaired) electrons. The summed E-state index contributed by atoms with van der Waals surface area (Å²) in [7, 11) is 0. The first-order chi connectivity index (χ1) is 15.1. The Kier molecular flexibility index (Phi) is 6.08. The second kappa shape index (κ2) is 9.26. The number of carbonyl (C=O) groups is 1. The maximum absolute atomic E-state index is 13.2. The van der Waals surface area contributed by atoms with Gasteiger partial charge in [-0.1, -0.05) is 24.3 Å². The number of hydrogen-bond acceptors (Lipinski definition) is 5. The molecule has 31 heavy (non-hydrogen) atoms. The molecule has 3 aromatic carbocycles. The van der Waals surface area contributed by atoms with Gasteiger partial charge in [-0.2, -0.15) is 0 Å². The van der Waals surface area contributed by atoms with Crippen LogP contribution in [0.2, 0.25) is 0 Å². The lowest BCUT2D eigenvalue weighted by Crippen LogP contribution is -2.06. The molecule has 0 bridgehead atoms. The number of hydrogen-bond donors (Lipinski definition) is 1. The summed E-state index contributed by atoms with van der Waals surface area (Å²) < 4.78 is 24.2. The quantitative estimate of drug-likeness (QED) is 0.377. The molecule has 1 N–H and O–H groups in total. The number of nitrogens with one attached hydrogen (secondary N) is 1. The maximum atomic E-state index is 13.2. The fourth-order valence-electron chi connectivity index (χ4n) is 3.20. The van der Waals surface area contributed by atoms with E-state index in [-0.39, 0.29) is 11.8 Å². The van der Waals surface area contributed by atoms with Crippen molar-refractivity contribution < 1.29 is 18.7 Å². The number of halogens is 1. The van der Waals surface area contributed by atoms with E-state index >= 15 is 0 Å². The second-order valence-electron chi connectivity index (χ2n) is 6.84. The molecular formula is C25H21FN2O3. The summed E-state index contributed by atoms with van der Waals surface area (Å²) in [5.74, 6) is 1.18. The first-order valence-corrected chi connectivity index (χ1v) is 9.95. The number of aromatic nitrogens is 1. The number of esters is 1. The highest BCUT2D eigenvalue weighted by molar-refractivity contribution is 5.97. The number of fused-ring (bicyclic) bond motifs is 1. The maximum Gasteiger partial charge on any atom is 0.338 e. The predicted molar refractivity (Wildman–Crippen MR) is 118 cm³/mol. The Morgan fingerprint density at radius 1 is 1.00 bits per heavy atom. The van der Waals surface area contributed by atoms with Crippen LogP contribution in [0.5, 0.6) is 11.5 Å². The molecule has 0 spiro atoms. The average Bonchev–Trinajstić information content (AvgIpc) is 2.80. The predicted octanol–water partition coefficient (Wildman–Crippen LogP) is 5.96. The van der Waals surface area contributed by atoms with Gasteiger partial charge in [0.05, 0.1) is 17.6 Å². The Labute approximate surface area is 179 Å². The van der Waals surface area contributed by atoms with E-state index in [9.17, 15) is 9.18 Å². The first-order valence-electron chi connectivity index (χ1n) is 9.95. The second-order valence-corrected chi connectivity index (χ2v) is 6.84. The van der Waals surface area contributed by atoms with Crippen LogP contribution in [-0.4, -0.2) is 17.6 Å². The molecule has 4 rings (SSSR count). The summed E-state index contributed by atoms with van der Waals surface area (Å²) in [5, 5.41) is 5.14. The lowest BCUT2D eigenvalue weighted by Gasteiger charge is -2.13. The van der Waals surface area contributed by atoms with Crippen molar-refractivity contribution in [3.8, 4) is 11.5 Å². The smallest absolute Gasteiger partial charge is 0.338 e. The van der Waals surface area contributed by atoms with Crippen LogP contribution in [0.1, 0.15) is 22.8 Å². The molecule has 0 unspecified atom stereocenters. The lowest BCUT2D eigenvalue weighted by molar-refractivity contribution is 0.0526. The summed E-state index contributed by atoms with van der Waals surface area (Å²) >= 11 is 0. The van der Waals surface area contributed by atoms with E-state index in [1.165, 1.54) is 12.1 Å². The molecule has 1 aromatic heterocycles. The van der Waals surface area contributed by atoms with Gasteiger partial charge in [-0.3, -0.25) is 0 Å². The number of carbonyl (C=O) groups excluding carboxylic acids is 1. The van der Waals surface area contributed by atoms with Gasteiger partial charge in [-0.15, -0.1) is 0 Å². The van der Waals surface area contributed by atoms with Crippen LogP contribution in [0.25, 0.3) is 10.8 Å². The van der Waals surface area contributed by atoms with Crippen LogP contribution in [-0.2, 0) is 11.3 Å². The summed E-state index contributed by atoms with van der Waals surface area (Å²) in [6.45, 7) is 2.64. The minimum Gasteiger partial charge on any atom is -0.462 e. The van der Waals surface area contributed by atoms with Gasteiger partial charge in [-0.05, 0) is 66.4 Å². The number of ether oxygens (including phenoxy) is 2. The van der Waals surface area contributed by atoms with Gasteiger partial charge in [-0.25, -0.2) is 14.2 Å². The van der Waals surface area contributed by atoms with Crippen molar-refractivity contribution >= 4 is 22.6 Å². The Balaban J connectivity index is 1.56. The third kappa shape index (κ3) is 4.80. The van der Waals surface area contributed by atoms with Crippen molar-refractivity contribution in [1.29, 1.82) is 0 Å². The molecule has 0 aliphatic heterocycles. The van der Waals surface area contributed by atoms with Crippen LogP contribution in [0.15, 0.2) is 79.0 Å². The molecule has 0 amide bonds. The van der Waals surface area contributed by atoms with Crippen molar-refractivity contribution in [2.75, 3.05) is 11.9 Å². The third-order valence-corrected chi connectivity index (χ3v) is 4.72. The van der Waals surface area contributed by atoms with Crippen molar-refractivity contribution in [2.45, 2.75) is 13.5 Å². The molecule has 0 atom stereocenters. The summed E-state index contributed by atoms with van der Waals surface area (Å²) in [5.41, 5.74) is 1.51. The molecule has 0 aliphatic carbocycles. The molecule has 5 nitrogen and oxygen atoms in total. The minimum absolute atomic E-state index is 0.316. The van der Waals surface area contributed by atoms with Gasteiger partial charge in [0, 0.05) is 12.7 Å². The van der Waals surface area contributed by atoms with E-state index in [4.69, 9.17) is 9.47 Å². The monoisotopic (exact) mass is 416 g/mol. The lowest BCUT2D eigenvalue weighted by atomic mass is 10.1. The fraction of sp³-hybridized carbons (Fsp3) is 0.120. The van der Waals surface area contributed by atoms with Crippen LogP contribution in [0, 0.1) is 5.82 Å². The third-order valence-electron chi connectivity index (χ3n) is 4.72. The largest absolute Gasteiger partial charge is 0.462 e. The van der Waals surface area contributed by atoms with E-state index in [1.807, 2.05) is 36.4 Å². The van der Waals surface area contributed by atoms with Crippen molar-refractivity contribution in [3.05, 3.63) is 95.9 Å². The SMILES string of the molecule is CCOC(=O)c1ccc(CNc2nccc3cccc(Oc4ccc(F)cc4)c23)cc1. The first kappa shape index (κ1) is 20.3. The summed E-state index contributed by atoms with van der Waals surface area (Å²) in [6.07, 6.45) is 1.73. The zero-order valence-electron chi connectivity index (χ0n) is 17.0. The Hall–Kier alpha value is -3.93. The summed E-state index contributed by atoms with van der Waals surface area (Å²) in [6, 6.07) is 20.8. The van der Waals surface area contributed by atoms with Crippen LogP contribution in [0.4, 0.5) is 10.2 Å². The topological polar surface area (TPSA) is 60.5 Å². The molecule has 0 fully saturated rings. The highest BCUT2D eigenvalue weighted by Crippen LogP contribution is 2.34. The average molecular weight is 416 g/mol. The van der Waals surface area contributed by atoms with E-state index in [1.54, 1.807) is 37.4 Å². The molecule has 156 valence electrons. The van der Waals surface area contributed by atoms with Gasteiger partial charge < -0.3 is 14.8 Å². The van der Waals surface area contributed by atoms with Gasteiger partial charge in [0.25, 0.3) is 0 Å². The number of pyridine rings is 1. The van der Waals surface area contributed by atoms with Crippen LogP contribution < -0.4 is 10.1 Å². The van der Waals surface area contributed by atoms with Crippen molar-refractivity contribution in [2.24, 2.45) is 0 Å². The summed E-state index contributed by atoms with van der Waals surface area (Å²) in [4.78, 5) is 16.3. The number of benzene rings is 3. The molecule has 0 aliphatic rings. The molecular weight excluding hydrogens is 395 g/mol. The molecule has 6 heteroatoms. The van der Waals surface area contributed by atoms with E-state index in [0.717, 1.165) is 16.3 Å². The van der Waals surface area contributed by atoms with Crippen molar-refractivity contribution in [3.63, 3.8) is 0 Å². The molecule has 4 aromatic rings. The highest BCUT2D eigenvalue weighted by atomic mass is 19.1. The van der Waals surface area contributed by atoms with E-state index < -0.39 is 0 Å². The highest BCUT2D eigenvalue weighted by Gasteiger charge is 2.11. The Morgan fingerprint density at radius 3 is 2.52 bits per heavy atom. The van der Waals surface area contributed by atoms with Gasteiger partial charge >= 0.3 is 5.97 Å². The van der Waals surface area contributed by atoms with Gasteiger partial charge in [0.2, 0.25) is 0 Å². The fourth-order valence-corrected chi connectivity index (χ4v) is 3.20. The zero-order chi connectivity index (χ0) is 21.6. The normalized spacial score (nSPS) is 10.6. The molecule has 0 saturated carbocycles. The van der Waals surface area contributed by atoms with Crippen LogP contribution in [0.3, 0.4) is 0 Å². The van der Waals surface area contributed by atoms with E-state index in [2.05, 4.69) is 10.3 Å². The molecule has 0 saturated heterocycles. The van der Waals surface area contributed by atoms with Gasteiger partial charge in [0.15, 0.2) is 0 Å². The van der Waals surface area contributed by atoms with Crippen LogP contribution >= 0.6 is 0 Å². The number of anilines is 1. The Morgan fingerprint density at radius 2 is 1.77 bits per heavy atom. The van der Waals surface area contributed by atoms with Crippen molar-refractivity contribution in [1.82, 2.24) is 4.98 Å². The minimum atomic E-state index is -0.333. The zero-order valence-corrected chi connectivity index (χ0v) is 17.0. The van der Waals surface area contributed by atoms with Gasteiger partial charge in [0.1, 0.15) is 23.1 Å². The Bertz CT molecular complexity index is 1190.